The fraction of sp³-hybridized carbons (Fsp3) is 0.250. The number of amides is 1. The van der Waals surface area contributed by atoms with Gasteiger partial charge in [0.1, 0.15) is 0 Å². The van der Waals surface area contributed by atoms with Gasteiger partial charge in [-0.25, -0.2) is 4.98 Å². The monoisotopic (exact) mass is 334 g/mol. The first-order chi connectivity index (χ1) is 12.1. The molecule has 128 valence electrons. The third-order valence-electron chi connectivity index (χ3n) is 3.96. The van der Waals surface area contributed by atoms with Gasteiger partial charge >= 0.3 is 0 Å². The number of hydrogen-bond donors (Lipinski definition) is 1. The molecule has 0 radical (unpaired) electrons. The van der Waals surface area contributed by atoms with Crippen molar-refractivity contribution >= 4 is 16.8 Å². The second kappa shape index (κ2) is 7.85. The summed E-state index contributed by atoms with van der Waals surface area (Å²) in [5, 5.41) is 3.87. The lowest BCUT2D eigenvalue weighted by Crippen LogP contribution is -2.27. The van der Waals surface area contributed by atoms with Gasteiger partial charge in [-0.1, -0.05) is 24.3 Å². The van der Waals surface area contributed by atoms with Gasteiger partial charge in [0.15, 0.2) is 0 Å². The summed E-state index contributed by atoms with van der Waals surface area (Å²) in [5.74, 6) is -0.0745. The minimum Gasteiger partial charge on any atom is -0.352 e. The van der Waals surface area contributed by atoms with Crippen LogP contribution in [0.3, 0.4) is 0 Å². The Morgan fingerprint density at radius 3 is 2.64 bits per heavy atom. The Kier molecular flexibility index (Phi) is 5.36. The number of pyridine rings is 2. The first-order valence-corrected chi connectivity index (χ1v) is 8.39. The summed E-state index contributed by atoms with van der Waals surface area (Å²) < 4.78 is 0. The third kappa shape index (κ3) is 4.19. The van der Waals surface area contributed by atoms with Gasteiger partial charge in [0.25, 0.3) is 5.91 Å². The molecule has 3 rings (SSSR count). The number of para-hydroxylation sites is 1. The molecule has 1 N–H and O–H groups in total. The van der Waals surface area contributed by atoms with E-state index in [0.29, 0.717) is 17.8 Å². The van der Waals surface area contributed by atoms with Gasteiger partial charge in [-0.2, -0.15) is 0 Å². The molecule has 3 aromatic rings. The molecule has 0 spiro atoms. The van der Waals surface area contributed by atoms with Crippen LogP contribution in [0.4, 0.5) is 0 Å². The van der Waals surface area contributed by atoms with Gasteiger partial charge in [-0.15, -0.1) is 0 Å². The molecular weight excluding hydrogens is 312 g/mol. The zero-order valence-electron chi connectivity index (χ0n) is 14.6. The van der Waals surface area contributed by atoms with Crippen LogP contribution in [0.5, 0.6) is 0 Å². The van der Waals surface area contributed by atoms with E-state index in [1.54, 1.807) is 6.20 Å². The minimum atomic E-state index is -0.0745. The highest BCUT2D eigenvalue weighted by Gasteiger charge is 2.14. The lowest BCUT2D eigenvalue weighted by molar-refractivity contribution is 0.0954. The molecule has 25 heavy (non-hydrogen) atoms. The van der Waals surface area contributed by atoms with Gasteiger partial charge in [0.2, 0.25) is 0 Å². The molecular formula is C20H22N4O. The number of carbonyl (C=O) groups excluding carboxylic acids is 1. The molecule has 5 nitrogen and oxygen atoms in total. The molecule has 0 saturated carbocycles. The molecule has 5 heteroatoms. The fourth-order valence-electron chi connectivity index (χ4n) is 2.70. The van der Waals surface area contributed by atoms with E-state index in [-0.39, 0.29) is 5.91 Å². The number of benzene rings is 1. The van der Waals surface area contributed by atoms with Gasteiger partial charge < -0.3 is 10.2 Å². The minimum absolute atomic E-state index is 0.0745. The lowest BCUT2D eigenvalue weighted by Gasteiger charge is -2.12. The highest BCUT2D eigenvalue weighted by atomic mass is 16.1. The van der Waals surface area contributed by atoms with Crippen molar-refractivity contribution in [2.24, 2.45) is 0 Å². The number of nitrogens with zero attached hydrogens (tertiary/aromatic N) is 3. The number of hydrogen-bond acceptors (Lipinski definition) is 4. The Bertz CT molecular complexity index is 862. The lowest BCUT2D eigenvalue weighted by atomic mass is 10.1. The Labute approximate surface area is 147 Å². The van der Waals surface area contributed by atoms with Crippen molar-refractivity contribution in [3.63, 3.8) is 0 Å². The largest absolute Gasteiger partial charge is 0.352 e. The topological polar surface area (TPSA) is 58.1 Å². The second-order valence-corrected chi connectivity index (χ2v) is 6.20. The van der Waals surface area contributed by atoms with E-state index >= 15 is 0 Å². The van der Waals surface area contributed by atoms with Crippen LogP contribution in [0, 0.1) is 0 Å². The van der Waals surface area contributed by atoms with Crippen LogP contribution in [-0.2, 0) is 0 Å². The van der Waals surface area contributed by atoms with Gasteiger partial charge in [-0.3, -0.25) is 9.78 Å². The molecule has 0 saturated heterocycles. The maximum atomic E-state index is 12.7. The van der Waals surface area contributed by atoms with Gasteiger partial charge in [0.05, 0.1) is 22.5 Å². The number of carbonyl (C=O) groups is 1. The normalized spacial score (nSPS) is 11.0. The van der Waals surface area contributed by atoms with Crippen LogP contribution in [0.2, 0.25) is 0 Å². The van der Waals surface area contributed by atoms with Crippen molar-refractivity contribution in [1.29, 1.82) is 0 Å². The molecule has 0 unspecified atom stereocenters. The SMILES string of the molecule is CN(C)CCCNC(=O)c1cc(-c2ccccn2)nc2ccccc12. The molecule has 0 aliphatic rings. The van der Waals surface area contributed by atoms with Crippen LogP contribution in [0.1, 0.15) is 16.8 Å². The third-order valence-corrected chi connectivity index (χ3v) is 3.96. The zero-order valence-corrected chi connectivity index (χ0v) is 14.6. The van der Waals surface area contributed by atoms with E-state index in [9.17, 15) is 4.79 Å². The van der Waals surface area contributed by atoms with Crippen LogP contribution in [0.25, 0.3) is 22.3 Å². The van der Waals surface area contributed by atoms with E-state index in [4.69, 9.17) is 0 Å². The number of nitrogens with one attached hydrogen (secondary N) is 1. The van der Waals surface area contributed by atoms with Crippen molar-refractivity contribution in [2.45, 2.75) is 6.42 Å². The van der Waals surface area contributed by atoms with E-state index < -0.39 is 0 Å². The number of aromatic nitrogens is 2. The first-order valence-electron chi connectivity index (χ1n) is 8.39. The molecule has 1 aromatic carbocycles. The van der Waals surface area contributed by atoms with Gasteiger partial charge in [0, 0.05) is 18.1 Å². The summed E-state index contributed by atoms with van der Waals surface area (Å²) in [6.07, 6.45) is 2.64. The molecule has 1 amide bonds. The van der Waals surface area contributed by atoms with Crippen molar-refractivity contribution in [3.8, 4) is 11.4 Å². The van der Waals surface area contributed by atoms with E-state index in [1.165, 1.54) is 0 Å². The van der Waals surface area contributed by atoms with Crippen molar-refractivity contribution in [2.75, 3.05) is 27.2 Å². The standard InChI is InChI=1S/C20H22N4O/c1-24(2)13-7-12-22-20(25)16-14-19(18-10-5-6-11-21-18)23-17-9-4-3-8-15(16)17/h3-6,8-11,14H,7,12-13H2,1-2H3,(H,22,25). The first kappa shape index (κ1) is 17.0. The Balaban J connectivity index is 1.91. The Morgan fingerprint density at radius 1 is 1.08 bits per heavy atom. The van der Waals surface area contributed by atoms with Crippen molar-refractivity contribution < 1.29 is 4.79 Å². The average Bonchev–Trinajstić information content (AvgIpc) is 2.64. The number of fused-ring (bicyclic) bond motifs is 1. The van der Waals surface area contributed by atoms with Crippen molar-refractivity contribution in [1.82, 2.24) is 20.2 Å². The Hall–Kier alpha value is -2.79. The maximum absolute atomic E-state index is 12.7. The summed E-state index contributed by atoms with van der Waals surface area (Å²) >= 11 is 0. The highest BCUT2D eigenvalue weighted by Crippen LogP contribution is 2.23. The molecule has 0 aliphatic heterocycles. The van der Waals surface area contributed by atoms with Crippen LogP contribution < -0.4 is 5.32 Å². The zero-order chi connectivity index (χ0) is 17.6. The van der Waals surface area contributed by atoms with E-state index in [1.807, 2.05) is 62.6 Å². The Morgan fingerprint density at radius 2 is 1.88 bits per heavy atom. The van der Waals surface area contributed by atoms with Crippen LogP contribution in [-0.4, -0.2) is 48.0 Å². The van der Waals surface area contributed by atoms with E-state index in [0.717, 1.165) is 29.6 Å². The smallest absolute Gasteiger partial charge is 0.252 e. The fourth-order valence-corrected chi connectivity index (χ4v) is 2.70. The summed E-state index contributed by atoms with van der Waals surface area (Å²) in [5.41, 5.74) is 2.90. The molecule has 0 fully saturated rings. The van der Waals surface area contributed by atoms with Crippen LogP contribution >= 0.6 is 0 Å². The summed E-state index contributed by atoms with van der Waals surface area (Å²) in [6.45, 7) is 1.59. The van der Waals surface area contributed by atoms with Crippen molar-refractivity contribution in [3.05, 3.63) is 60.3 Å². The van der Waals surface area contributed by atoms with Crippen LogP contribution in [0.15, 0.2) is 54.7 Å². The molecule has 2 heterocycles. The predicted octanol–water partition coefficient (Wildman–Crippen LogP) is 2.98. The summed E-state index contributed by atoms with van der Waals surface area (Å²) in [6, 6.07) is 15.2. The molecule has 0 bridgehead atoms. The predicted molar refractivity (Wildman–Crippen MR) is 100 cm³/mol. The van der Waals surface area contributed by atoms with Gasteiger partial charge in [-0.05, 0) is 51.3 Å². The average molecular weight is 334 g/mol. The molecule has 0 aliphatic carbocycles. The highest BCUT2D eigenvalue weighted by molar-refractivity contribution is 6.07. The summed E-state index contributed by atoms with van der Waals surface area (Å²) in [4.78, 5) is 23.8. The number of rotatable bonds is 6. The molecule has 2 aromatic heterocycles. The maximum Gasteiger partial charge on any atom is 0.252 e. The second-order valence-electron chi connectivity index (χ2n) is 6.20. The molecule has 0 atom stereocenters. The van der Waals surface area contributed by atoms with E-state index in [2.05, 4.69) is 20.2 Å². The quantitative estimate of drug-likeness (QED) is 0.704. The summed E-state index contributed by atoms with van der Waals surface area (Å²) in [7, 11) is 4.05.